The molecule has 1 aliphatic rings. The standard InChI is InChI=1S/C24H26N2O3/c1-3-29-21-10-9-20(19-8-5-13-25-22(19)21)26-23(27)24(11-14-28-15-12-24)18-7-4-6-17(2)16-18/h4-10,13,16H,3,11-12,14-15H2,1-2H3,(H,26,27). The molecular weight excluding hydrogens is 364 g/mol. The van der Waals surface area contributed by atoms with E-state index in [2.05, 4.69) is 35.4 Å². The summed E-state index contributed by atoms with van der Waals surface area (Å²) in [6.07, 6.45) is 3.06. The van der Waals surface area contributed by atoms with Crippen LogP contribution in [0.2, 0.25) is 0 Å². The molecule has 0 unspecified atom stereocenters. The summed E-state index contributed by atoms with van der Waals surface area (Å²) < 4.78 is 11.3. The number of nitrogens with one attached hydrogen (secondary N) is 1. The summed E-state index contributed by atoms with van der Waals surface area (Å²) in [7, 11) is 0. The minimum atomic E-state index is -0.600. The minimum absolute atomic E-state index is 0.000660. The van der Waals surface area contributed by atoms with E-state index in [1.165, 1.54) is 0 Å². The van der Waals surface area contributed by atoms with Crippen molar-refractivity contribution in [1.29, 1.82) is 0 Å². The number of fused-ring (bicyclic) bond motifs is 1. The Morgan fingerprint density at radius 2 is 2.00 bits per heavy atom. The van der Waals surface area contributed by atoms with Crippen LogP contribution < -0.4 is 10.1 Å². The highest BCUT2D eigenvalue weighted by Gasteiger charge is 2.42. The molecule has 5 nitrogen and oxygen atoms in total. The topological polar surface area (TPSA) is 60.5 Å². The number of aryl methyl sites for hydroxylation is 1. The number of anilines is 1. The zero-order chi connectivity index (χ0) is 20.3. The van der Waals surface area contributed by atoms with Crippen LogP contribution in [0.25, 0.3) is 10.9 Å². The lowest BCUT2D eigenvalue weighted by Gasteiger charge is -2.36. The van der Waals surface area contributed by atoms with Gasteiger partial charge in [-0.25, -0.2) is 0 Å². The molecule has 1 N–H and O–H groups in total. The third kappa shape index (κ3) is 3.70. The molecule has 1 fully saturated rings. The third-order valence-corrected chi connectivity index (χ3v) is 5.63. The van der Waals surface area contributed by atoms with Crippen molar-refractivity contribution < 1.29 is 14.3 Å². The van der Waals surface area contributed by atoms with Gasteiger partial charge in [0.1, 0.15) is 11.3 Å². The summed E-state index contributed by atoms with van der Waals surface area (Å²) in [6, 6.07) is 15.8. The second-order valence-electron chi connectivity index (χ2n) is 7.46. The fourth-order valence-electron chi connectivity index (χ4n) is 4.08. The number of carbonyl (C=O) groups excluding carboxylic acids is 1. The van der Waals surface area contributed by atoms with E-state index in [1.807, 2.05) is 37.3 Å². The van der Waals surface area contributed by atoms with Crippen molar-refractivity contribution in [2.24, 2.45) is 0 Å². The van der Waals surface area contributed by atoms with Gasteiger partial charge in [-0.2, -0.15) is 0 Å². The zero-order valence-corrected chi connectivity index (χ0v) is 16.9. The van der Waals surface area contributed by atoms with Crippen LogP contribution in [0.5, 0.6) is 5.75 Å². The highest BCUT2D eigenvalue weighted by molar-refractivity contribution is 6.06. The van der Waals surface area contributed by atoms with Gasteiger partial charge >= 0.3 is 0 Å². The Bertz CT molecular complexity index is 1030. The quantitative estimate of drug-likeness (QED) is 0.690. The lowest BCUT2D eigenvalue weighted by atomic mass is 9.73. The maximum Gasteiger partial charge on any atom is 0.235 e. The molecule has 1 saturated heterocycles. The molecule has 1 aromatic heterocycles. The number of rotatable bonds is 5. The Morgan fingerprint density at radius 1 is 1.17 bits per heavy atom. The van der Waals surface area contributed by atoms with Crippen LogP contribution in [0.1, 0.15) is 30.9 Å². The molecule has 29 heavy (non-hydrogen) atoms. The van der Waals surface area contributed by atoms with Crippen molar-refractivity contribution in [1.82, 2.24) is 4.98 Å². The molecule has 0 spiro atoms. The summed E-state index contributed by atoms with van der Waals surface area (Å²) in [6.45, 7) is 5.72. The van der Waals surface area contributed by atoms with Crippen LogP contribution in [-0.4, -0.2) is 30.7 Å². The van der Waals surface area contributed by atoms with Crippen LogP contribution in [0.15, 0.2) is 54.7 Å². The molecular formula is C24H26N2O3. The molecule has 2 aromatic carbocycles. The zero-order valence-electron chi connectivity index (χ0n) is 16.9. The number of pyridine rings is 1. The van der Waals surface area contributed by atoms with E-state index in [4.69, 9.17) is 9.47 Å². The second-order valence-corrected chi connectivity index (χ2v) is 7.46. The van der Waals surface area contributed by atoms with Crippen molar-refractivity contribution >= 4 is 22.5 Å². The van der Waals surface area contributed by atoms with Crippen LogP contribution in [0.4, 0.5) is 5.69 Å². The Kier molecular flexibility index (Phi) is 5.49. The van der Waals surface area contributed by atoms with Gasteiger partial charge in [0.25, 0.3) is 0 Å². The van der Waals surface area contributed by atoms with Crippen molar-refractivity contribution in [3.05, 3.63) is 65.9 Å². The van der Waals surface area contributed by atoms with Gasteiger partial charge in [0.15, 0.2) is 0 Å². The third-order valence-electron chi connectivity index (χ3n) is 5.63. The first kappa shape index (κ1) is 19.4. The summed E-state index contributed by atoms with van der Waals surface area (Å²) in [5, 5.41) is 4.07. The van der Waals surface area contributed by atoms with Crippen LogP contribution in [0.3, 0.4) is 0 Å². The number of amides is 1. The van der Waals surface area contributed by atoms with Gasteiger partial charge in [0.05, 0.1) is 17.7 Å². The van der Waals surface area contributed by atoms with Crippen LogP contribution in [0, 0.1) is 6.92 Å². The predicted molar refractivity (Wildman–Crippen MR) is 114 cm³/mol. The number of nitrogens with zero attached hydrogens (tertiary/aromatic N) is 1. The van der Waals surface area contributed by atoms with E-state index in [9.17, 15) is 4.79 Å². The molecule has 0 radical (unpaired) electrons. The summed E-state index contributed by atoms with van der Waals surface area (Å²) in [5.41, 5.74) is 3.10. The van der Waals surface area contributed by atoms with Gasteiger partial charge in [-0.05, 0) is 56.5 Å². The molecule has 5 heteroatoms. The predicted octanol–water partition coefficient (Wildman–Crippen LogP) is 4.63. The Morgan fingerprint density at radius 3 is 2.76 bits per heavy atom. The van der Waals surface area contributed by atoms with Crippen molar-refractivity contribution in [2.75, 3.05) is 25.1 Å². The maximum atomic E-state index is 13.6. The first-order valence-electron chi connectivity index (χ1n) is 10.1. The average molecular weight is 390 g/mol. The Balaban J connectivity index is 1.73. The number of carbonyl (C=O) groups is 1. The number of aromatic nitrogens is 1. The molecule has 150 valence electrons. The van der Waals surface area contributed by atoms with Gasteiger partial charge in [-0.15, -0.1) is 0 Å². The highest BCUT2D eigenvalue weighted by atomic mass is 16.5. The van der Waals surface area contributed by atoms with E-state index in [-0.39, 0.29) is 5.91 Å². The molecule has 0 aliphatic carbocycles. The van der Waals surface area contributed by atoms with Gasteiger partial charge in [0.2, 0.25) is 5.91 Å². The van der Waals surface area contributed by atoms with Gasteiger partial charge < -0.3 is 14.8 Å². The van der Waals surface area contributed by atoms with Crippen LogP contribution >= 0.6 is 0 Å². The van der Waals surface area contributed by atoms with Crippen molar-refractivity contribution in [2.45, 2.75) is 32.1 Å². The van der Waals surface area contributed by atoms with E-state index >= 15 is 0 Å². The van der Waals surface area contributed by atoms with Gasteiger partial charge in [-0.3, -0.25) is 9.78 Å². The molecule has 0 atom stereocenters. The van der Waals surface area contributed by atoms with Crippen LogP contribution in [-0.2, 0) is 14.9 Å². The number of hydrogen-bond donors (Lipinski definition) is 1. The number of ether oxygens (including phenoxy) is 2. The highest BCUT2D eigenvalue weighted by Crippen LogP contribution is 2.38. The smallest absolute Gasteiger partial charge is 0.235 e. The normalized spacial score (nSPS) is 15.8. The fraction of sp³-hybridized carbons (Fsp3) is 0.333. The van der Waals surface area contributed by atoms with E-state index in [0.717, 1.165) is 33.5 Å². The summed E-state index contributed by atoms with van der Waals surface area (Å²) in [5.74, 6) is 0.723. The van der Waals surface area contributed by atoms with E-state index in [1.54, 1.807) is 6.20 Å². The molecule has 1 aliphatic heterocycles. The number of benzene rings is 2. The average Bonchev–Trinajstić information content (AvgIpc) is 2.76. The molecule has 4 rings (SSSR count). The SMILES string of the molecule is CCOc1ccc(NC(=O)C2(c3cccc(C)c3)CCOCC2)c2cccnc12. The first-order valence-corrected chi connectivity index (χ1v) is 10.1. The van der Waals surface area contributed by atoms with E-state index < -0.39 is 5.41 Å². The van der Waals surface area contributed by atoms with E-state index in [0.29, 0.717) is 32.7 Å². The molecule has 1 amide bonds. The molecule has 2 heterocycles. The summed E-state index contributed by atoms with van der Waals surface area (Å²) in [4.78, 5) is 18.1. The fourth-order valence-corrected chi connectivity index (χ4v) is 4.08. The molecule has 3 aromatic rings. The monoisotopic (exact) mass is 390 g/mol. The molecule has 0 bridgehead atoms. The molecule has 0 saturated carbocycles. The van der Waals surface area contributed by atoms with Gasteiger partial charge in [0, 0.05) is 24.8 Å². The number of hydrogen-bond acceptors (Lipinski definition) is 4. The summed E-state index contributed by atoms with van der Waals surface area (Å²) >= 11 is 0. The Hall–Kier alpha value is -2.92. The van der Waals surface area contributed by atoms with Gasteiger partial charge in [-0.1, -0.05) is 29.8 Å². The second kappa shape index (κ2) is 8.21. The van der Waals surface area contributed by atoms with Crippen molar-refractivity contribution in [3.8, 4) is 5.75 Å². The van der Waals surface area contributed by atoms with Crippen molar-refractivity contribution in [3.63, 3.8) is 0 Å². The minimum Gasteiger partial charge on any atom is -0.492 e. The maximum absolute atomic E-state index is 13.6. The Labute approximate surface area is 171 Å². The first-order chi connectivity index (χ1) is 14.1. The lowest BCUT2D eigenvalue weighted by Crippen LogP contribution is -2.44. The largest absolute Gasteiger partial charge is 0.492 e. The lowest BCUT2D eigenvalue weighted by molar-refractivity contribution is -0.125.